The molecule has 3 N–H and O–H groups in total. The Hall–Kier alpha value is -2.03. The van der Waals surface area contributed by atoms with Crippen LogP contribution in [0, 0.1) is 0 Å². The van der Waals surface area contributed by atoms with Crippen LogP contribution in [-0.4, -0.2) is 13.0 Å². The fourth-order valence-corrected chi connectivity index (χ4v) is 1.80. The highest BCUT2D eigenvalue weighted by molar-refractivity contribution is 5.95. The number of nitrogens with one attached hydrogen (secondary N) is 1. The van der Waals surface area contributed by atoms with Crippen molar-refractivity contribution in [3.63, 3.8) is 0 Å². The number of hydrogen-bond acceptors (Lipinski definition) is 2. The molecule has 0 aliphatic heterocycles. The van der Waals surface area contributed by atoms with Crippen LogP contribution in [0.15, 0.2) is 53.3 Å². The topological polar surface area (TPSA) is 55.1 Å². The number of rotatable bonds is 6. The fraction of sp³-hybridized carbons (Fsp3) is 0.312. The Labute approximate surface area is 115 Å². The second-order valence-electron chi connectivity index (χ2n) is 4.49. The van der Waals surface area contributed by atoms with Crippen LogP contribution in [0.1, 0.15) is 25.8 Å². The lowest BCUT2D eigenvalue weighted by Crippen LogP contribution is -2.17. The first-order valence-corrected chi connectivity index (χ1v) is 6.50. The molecule has 3 nitrogen and oxygen atoms in total. The molecule has 0 unspecified atom stereocenters. The molecule has 102 valence electrons. The van der Waals surface area contributed by atoms with E-state index in [1.54, 1.807) is 0 Å². The number of allylic oxidation sites excluding steroid dienone is 2. The Bertz CT molecular complexity index is 487. The predicted molar refractivity (Wildman–Crippen MR) is 79.5 cm³/mol. The van der Waals surface area contributed by atoms with E-state index >= 15 is 0 Å². The Morgan fingerprint density at radius 1 is 1.32 bits per heavy atom. The van der Waals surface area contributed by atoms with Crippen molar-refractivity contribution < 1.29 is 4.79 Å². The van der Waals surface area contributed by atoms with Crippen LogP contribution in [0.2, 0.25) is 0 Å². The average Bonchev–Trinajstić information content (AvgIpc) is 2.43. The van der Waals surface area contributed by atoms with Gasteiger partial charge in [0.05, 0.1) is 0 Å². The van der Waals surface area contributed by atoms with E-state index in [-0.39, 0.29) is 5.91 Å². The third-order valence-corrected chi connectivity index (χ3v) is 3.13. The molecule has 0 aromatic heterocycles. The zero-order valence-electron chi connectivity index (χ0n) is 11.9. The van der Waals surface area contributed by atoms with E-state index < -0.39 is 0 Å². The monoisotopic (exact) mass is 258 g/mol. The van der Waals surface area contributed by atoms with Gasteiger partial charge >= 0.3 is 0 Å². The van der Waals surface area contributed by atoms with Crippen molar-refractivity contribution in [2.24, 2.45) is 5.73 Å². The molecule has 0 saturated heterocycles. The first-order chi connectivity index (χ1) is 9.08. The summed E-state index contributed by atoms with van der Waals surface area (Å²) in [4.78, 5) is 11.5. The van der Waals surface area contributed by atoms with Crippen molar-refractivity contribution in [3.8, 4) is 0 Å². The van der Waals surface area contributed by atoms with Gasteiger partial charge in [-0.15, -0.1) is 0 Å². The molecule has 1 rings (SSSR count). The highest BCUT2D eigenvalue weighted by Crippen LogP contribution is 2.13. The highest BCUT2D eigenvalue weighted by atomic mass is 16.1. The maximum absolute atomic E-state index is 11.5. The van der Waals surface area contributed by atoms with E-state index in [4.69, 9.17) is 5.73 Å². The lowest BCUT2D eigenvalue weighted by atomic mass is 10.0. The Balaban J connectivity index is 3.01. The van der Waals surface area contributed by atoms with Crippen LogP contribution in [0.4, 0.5) is 0 Å². The lowest BCUT2D eigenvalue weighted by Gasteiger charge is -2.09. The zero-order valence-corrected chi connectivity index (χ0v) is 11.9. The van der Waals surface area contributed by atoms with E-state index in [2.05, 4.69) is 17.4 Å². The molecule has 0 atom stereocenters. The van der Waals surface area contributed by atoms with E-state index in [9.17, 15) is 4.79 Å². The van der Waals surface area contributed by atoms with Gasteiger partial charge in [0.15, 0.2) is 0 Å². The van der Waals surface area contributed by atoms with Crippen molar-refractivity contribution in [2.45, 2.75) is 26.7 Å². The maximum Gasteiger partial charge on any atom is 0.248 e. The summed E-state index contributed by atoms with van der Waals surface area (Å²) in [6.07, 6.45) is 3.43. The van der Waals surface area contributed by atoms with Gasteiger partial charge in [0.1, 0.15) is 0 Å². The van der Waals surface area contributed by atoms with Crippen LogP contribution < -0.4 is 11.1 Å². The molecule has 0 fully saturated rings. The zero-order chi connectivity index (χ0) is 14.3. The van der Waals surface area contributed by atoms with Gasteiger partial charge in [0, 0.05) is 24.7 Å². The van der Waals surface area contributed by atoms with E-state index in [1.165, 1.54) is 5.56 Å². The molecule has 1 amide bonds. The largest absolute Gasteiger partial charge is 0.391 e. The molecule has 0 bridgehead atoms. The number of carbonyl (C=O) groups is 1. The third kappa shape index (κ3) is 4.62. The summed E-state index contributed by atoms with van der Waals surface area (Å²) in [7, 11) is 1.86. The maximum atomic E-state index is 11.5. The summed E-state index contributed by atoms with van der Waals surface area (Å²) in [6.45, 7) is 3.95. The van der Waals surface area contributed by atoms with Gasteiger partial charge in [-0.05, 0) is 25.0 Å². The van der Waals surface area contributed by atoms with Crippen molar-refractivity contribution in [2.75, 3.05) is 7.05 Å². The molecular weight excluding hydrogens is 236 g/mol. The summed E-state index contributed by atoms with van der Waals surface area (Å²) >= 11 is 0. The van der Waals surface area contributed by atoms with Gasteiger partial charge < -0.3 is 11.1 Å². The predicted octanol–water partition coefficient (Wildman–Crippen LogP) is 2.54. The van der Waals surface area contributed by atoms with Gasteiger partial charge in [-0.25, -0.2) is 0 Å². The van der Waals surface area contributed by atoms with Crippen molar-refractivity contribution in [1.29, 1.82) is 0 Å². The van der Waals surface area contributed by atoms with E-state index in [1.807, 2.05) is 45.2 Å². The number of benzene rings is 1. The number of likely N-dealkylation sites (N-methyl/N-ethyl adjacent to an activating group) is 1. The first kappa shape index (κ1) is 15.0. The summed E-state index contributed by atoms with van der Waals surface area (Å²) in [5, 5.41) is 3.13. The van der Waals surface area contributed by atoms with Crippen LogP contribution in [0.25, 0.3) is 0 Å². The second-order valence-corrected chi connectivity index (χ2v) is 4.49. The van der Waals surface area contributed by atoms with Crippen molar-refractivity contribution >= 4 is 5.91 Å². The first-order valence-electron chi connectivity index (χ1n) is 6.50. The number of amides is 1. The van der Waals surface area contributed by atoms with E-state index in [0.29, 0.717) is 5.57 Å². The number of hydrogen-bond donors (Lipinski definition) is 2. The molecule has 0 aliphatic rings. The highest BCUT2D eigenvalue weighted by Gasteiger charge is 2.07. The Morgan fingerprint density at radius 2 is 1.95 bits per heavy atom. The standard InChI is InChI=1S/C16H22N2O/c1-4-12(2)15(16(17)19)11-14(18-3)10-13-8-6-5-7-9-13/h5-9,11,18H,4,10H2,1-3H3,(H2,17,19)/b14-11-,15-12-. The quantitative estimate of drug-likeness (QED) is 0.608. The summed E-state index contributed by atoms with van der Waals surface area (Å²) < 4.78 is 0. The molecule has 0 aliphatic carbocycles. The number of primary amides is 1. The fourth-order valence-electron chi connectivity index (χ4n) is 1.80. The molecule has 0 saturated carbocycles. The molecule has 1 aromatic carbocycles. The number of carbonyl (C=O) groups excluding carboxylic acids is 1. The Kier molecular flexibility index (Phi) is 5.86. The minimum absolute atomic E-state index is 0.375. The van der Waals surface area contributed by atoms with Crippen LogP contribution >= 0.6 is 0 Å². The van der Waals surface area contributed by atoms with Crippen LogP contribution in [0.3, 0.4) is 0 Å². The van der Waals surface area contributed by atoms with Crippen LogP contribution in [0.5, 0.6) is 0 Å². The normalized spacial score (nSPS) is 12.9. The van der Waals surface area contributed by atoms with Crippen molar-refractivity contribution in [1.82, 2.24) is 5.32 Å². The van der Waals surface area contributed by atoms with Gasteiger partial charge in [-0.1, -0.05) is 42.8 Å². The van der Waals surface area contributed by atoms with Gasteiger partial charge in [0.2, 0.25) is 5.91 Å². The summed E-state index contributed by atoms with van der Waals surface area (Å²) in [6, 6.07) is 10.1. The van der Waals surface area contributed by atoms with E-state index in [0.717, 1.165) is 24.1 Å². The molecule has 3 heteroatoms. The third-order valence-electron chi connectivity index (χ3n) is 3.13. The average molecular weight is 258 g/mol. The molecular formula is C16H22N2O. The molecule has 0 spiro atoms. The SMILES string of the molecule is CC/C(C)=C(/C=C(/Cc1ccccc1)NC)C(N)=O. The Morgan fingerprint density at radius 3 is 2.42 bits per heavy atom. The van der Waals surface area contributed by atoms with Crippen LogP contribution in [-0.2, 0) is 11.2 Å². The van der Waals surface area contributed by atoms with Gasteiger partial charge in [-0.3, -0.25) is 4.79 Å². The van der Waals surface area contributed by atoms with Gasteiger partial charge in [-0.2, -0.15) is 0 Å². The lowest BCUT2D eigenvalue weighted by molar-refractivity contribution is -0.114. The van der Waals surface area contributed by atoms with Gasteiger partial charge in [0.25, 0.3) is 0 Å². The number of nitrogens with two attached hydrogens (primary N) is 1. The van der Waals surface area contributed by atoms with Crippen molar-refractivity contribution in [3.05, 3.63) is 58.8 Å². The second kappa shape index (κ2) is 7.41. The molecule has 1 aromatic rings. The summed E-state index contributed by atoms with van der Waals surface area (Å²) in [5.41, 5.74) is 9.22. The molecule has 0 radical (unpaired) electrons. The molecule has 19 heavy (non-hydrogen) atoms. The molecule has 0 heterocycles. The minimum Gasteiger partial charge on any atom is -0.391 e. The smallest absolute Gasteiger partial charge is 0.248 e. The summed E-state index contributed by atoms with van der Waals surface area (Å²) in [5.74, 6) is -0.375. The minimum atomic E-state index is -0.375.